The maximum Gasteiger partial charge on any atom is 0.227 e. The summed E-state index contributed by atoms with van der Waals surface area (Å²) in [5.74, 6) is -1.43. The molecule has 6 heteroatoms. The first-order chi connectivity index (χ1) is 8.56. The highest BCUT2D eigenvalue weighted by molar-refractivity contribution is 5.85. The van der Waals surface area contributed by atoms with Crippen LogP contribution in [0, 0.1) is 11.6 Å². The second kappa shape index (κ2) is 6.82. The van der Waals surface area contributed by atoms with Crippen molar-refractivity contribution in [1.29, 1.82) is 0 Å². The molecule has 1 aliphatic rings. The molecule has 3 nitrogen and oxygen atoms in total. The number of piperidine rings is 1. The topological polar surface area (TPSA) is 46.3 Å². The number of carbonyl (C=O) groups is 1. The third-order valence-corrected chi connectivity index (χ3v) is 3.25. The summed E-state index contributed by atoms with van der Waals surface area (Å²) < 4.78 is 26.1. The molecule has 1 heterocycles. The van der Waals surface area contributed by atoms with Crippen LogP contribution in [0.15, 0.2) is 18.2 Å². The molecule has 0 bridgehead atoms. The Morgan fingerprint density at radius 2 is 1.95 bits per heavy atom. The summed E-state index contributed by atoms with van der Waals surface area (Å²) >= 11 is 0. The number of hydrogen-bond donors (Lipinski definition) is 1. The van der Waals surface area contributed by atoms with Gasteiger partial charge in [0.25, 0.3) is 0 Å². The number of rotatable bonds is 2. The van der Waals surface area contributed by atoms with Crippen molar-refractivity contribution in [3.05, 3.63) is 35.4 Å². The van der Waals surface area contributed by atoms with E-state index in [0.717, 1.165) is 25.0 Å². The van der Waals surface area contributed by atoms with E-state index in [2.05, 4.69) is 0 Å². The van der Waals surface area contributed by atoms with E-state index in [0.29, 0.717) is 13.1 Å². The number of nitrogens with two attached hydrogens (primary N) is 1. The molecule has 0 spiro atoms. The van der Waals surface area contributed by atoms with Crippen molar-refractivity contribution >= 4 is 18.3 Å². The van der Waals surface area contributed by atoms with Crippen LogP contribution in [0.5, 0.6) is 0 Å². The SMILES string of the molecule is Cl.NC1CCN(C(=O)Cc2ccc(F)cc2F)CC1. The van der Waals surface area contributed by atoms with E-state index in [-0.39, 0.29) is 36.3 Å². The van der Waals surface area contributed by atoms with Gasteiger partial charge in [0.1, 0.15) is 11.6 Å². The van der Waals surface area contributed by atoms with Crippen LogP contribution in [0.2, 0.25) is 0 Å². The summed E-state index contributed by atoms with van der Waals surface area (Å²) in [4.78, 5) is 13.6. The molecule has 2 rings (SSSR count). The van der Waals surface area contributed by atoms with Crippen molar-refractivity contribution in [2.45, 2.75) is 25.3 Å². The molecule has 1 aromatic carbocycles. The Morgan fingerprint density at radius 3 is 2.53 bits per heavy atom. The van der Waals surface area contributed by atoms with Crippen LogP contribution < -0.4 is 5.73 Å². The molecular weight excluding hydrogens is 274 g/mol. The Balaban J connectivity index is 0.00000180. The molecule has 106 valence electrons. The largest absolute Gasteiger partial charge is 0.342 e. The van der Waals surface area contributed by atoms with Crippen LogP contribution in [-0.4, -0.2) is 29.9 Å². The molecule has 1 fully saturated rings. The Morgan fingerprint density at radius 1 is 1.32 bits per heavy atom. The minimum atomic E-state index is -0.669. The first kappa shape index (κ1) is 15.9. The zero-order valence-corrected chi connectivity index (χ0v) is 11.3. The van der Waals surface area contributed by atoms with Gasteiger partial charge in [-0.25, -0.2) is 8.78 Å². The van der Waals surface area contributed by atoms with Crippen LogP contribution in [0.3, 0.4) is 0 Å². The van der Waals surface area contributed by atoms with Gasteiger partial charge in [-0.1, -0.05) is 6.07 Å². The van der Waals surface area contributed by atoms with Gasteiger partial charge >= 0.3 is 0 Å². The molecular formula is C13H17ClF2N2O. The Labute approximate surface area is 117 Å². The summed E-state index contributed by atoms with van der Waals surface area (Å²) in [6.07, 6.45) is 1.52. The number of nitrogens with zero attached hydrogens (tertiary/aromatic N) is 1. The zero-order chi connectivity index (χ0) is 13.1. The highest BCUT2D eigenvalue weighted by atomic mass is 35.5. The lowest BCUT2D eigenvalue weighted by molar-refractivity contribution is -0.131. The Bertz CT molecular complexity index is 448. The average molecular weight is 291 g/mol. The molecule has 0 saturated carbocycles. The van der Waals surface area contributed by atoms with Crippen molar-refractivity contribution in [2.24, 2.45) is 5.73 Å². The molecule has 0 aliphatic carbocycles. The highest BCUT2D eigenvalue weighted by Gasteiger charge is 2.21. The van der Waals surface area contributed by atoms with Crippen LogP contribution in [0.4, 0.5) is 8.78 Å². The van der Waals surface area contributed by atoms with Gasteiger partial charge in [-0.3, -0.25) is 4.79 Å². The Hall–Kier alpha value is -1.20. The quantitative estimate of drug-likeness (QED) is 0.904. The number of likely N-dealkylation sites (tertiary alicyclic amines) is 1. The monoisotopic (exact) mass is 290 g/mol. The summed E-state index contributed by atoms with van der Waals surface area (Å²) in [7, 11) is 0. The fraction of sp³-hybridized carbons (Fsp3) is 0.462. The molecule has 1 aliphatic heterocycles. The molecule has 19 heavy (non-hydrogen) atoms. The van der Waals surface area contributed by atoms with Gasteiger partial charge in [-0.2, -0.15) is 0 Å². The molecule has 0 radical (unpaired) electrons. The van der Waals surface area contributed by atoms with Crippen molar-refractivity contribution < 1.29 is 13.6 Å². The van der Waals surface area contributed by atoms with Crippen LogP contribution in [0.1, 0.15) is 18.4 Å². The van der Waals surface area contributed by atoms with Crippen LogP contribution >= 0.6 is 12.4 Å². The Kier molecular flexibility index (Phi) is 5.69. The molecule has 0 unspecified atom stereocenters. The smallest absolute Gasteiger partial charge is 0.227 e. The number of hydrogen-bond acceptors (Lipinski definition) is 2. The minimum Gasteiger partial charge on any atom is -0.342 e. The van der Waals surface area contributed by atoms with E-state index in [1.807, 2.05) is 0 Å². The van der Waals surface area contributed by atoms with Crippen molar-refractivity contribution in [2.75, 3.05) is 13.1 Å². The zero-order valence-electron chi connectivity index (χ0n) is 10.4. The average Bonchev–Trinajstić information content (AvgIpc) is 2.33. The standard InChI is InChI=1S/C13H16F2N2O.ClH/c14-10-2-1-9(12(15)8-10)7-13(18)17-5-3-11(16)4-6-17;/h1-2,8,11H,3-7,16H2;1H. The lowest BCUT2D eigenvalue weighted by atomic mass is 10.0. The van der Waals surface area contributed by atoms with E-state index in [1.165, 1.54) is 6.07 Å². The molecule has 0 atom stereocenters. The first-order valence-electron chi connectivity index (χ1n) is 6.03. The summed E-state index contributed by atoms with van der Waals surface area (Å²) in [5.41, 5.74) is 5.98. The number of halogens is 3. The maximum absolute atomic E-state index is 13.4. The van der Waals surface area contributed by atoms with Gasteiger partial charge in [0.2, 0.25) is 5.91 Å². The van der Waals surface area contributed by atoms with Crippen molar-refractivity contribution in [3.8, 4) is 0 Å². The van der Waals surface area contributed by atoms with Crippen molar-refractivity contribution in [3.63, 3.8) is 0 Å². The fourth-order valence-electron chi connectivity index (χ4n) is 2.09. The predicted octanol–water partition coefficient (Wildman–Crippen LogP) is 1.88. The maximum atomic E-state index is 13.4. The fourth-order valence-corrected chi connectivity index (χ4v) is 2.09. The second-order valence-corrected chi connectivity index (χ2v) is 4.63. The van der Waals surface area contributed by atoms with Gasteiger partial charge in [0.05, 0.1) is 6.42 Å². The molecule has 1 amide bonds. The summed E-state index contributed by atoms with van der Waals surface area (Å²) in [6, 6.07) is 3.43. The van der Waals surface area contributed by atoms with Gasteiger partial charge in [-0.15, -0.1) is 12.4 Å². The van der Waals surface area contributed by atoms with Crippen LogP contribution in [-0.2, 0) is 11.2 Å². The number of amides is 1. The van der Waals surface area contributed by atoms with E-state index in [9.17, 15) is 13.6 Å². The van der Waals surface area contributed by atoms with E-state index in [4.69, 9.17) is 5.73 Å². The lowest BCUT2D eigenvalue weighted by Gasteiger charge is -2.30. The lowest BCUT2D eigenvalue weighted by Crippen LogP contribution is -2.43. The van der Waals surface area contributed by atoms with Gasteiger partial charge in [-0.05, 0) is 24.5 Å². The second-order valence-electron chi connectivity index (χ2n) is 4.63. The van der Waals surface area contributed by atoms with Gasteiger partial charge < -0.3 is 10.6 Å². The third kappa shape index (κ3) is 4.14. The van der Waals surface area contributed by atoms with Gasteiger partial charge in [0, 0.05) is 25.2 Å². The number of benzene rings is 1. The highest BCUT2D eigenvalue weighted by Crippen LogP contribution is 2.14. The minimum absolute atomic E-state index is 0. The van der Waals surface area contributed by atoms with Crippen molar-refractivity contribution in [1.82, 2.24) is 4.90 Å². The van der Waals surface area contributed by atoms with Crippen LogP contribution in [0.25, 0.3) is 0 Å². The summed E-state index contributed by atoms with van der Waals surface area (Å²) in [6.45, 7) is 1.23. The van der Waals surface area contributed by atoms with Gasteiger partial charge in [0.15, 0.2) is 0 Å². The summed E-state index contributed by atoms with van der Waals surface area (Å²) in [5, 5.41) is 0. The van der Waals surface area contributed by atoms with E-state index >= 15 is 0 Å². The molecule has 1 saturated heterocycles. The van der Waals surface area contributed by atoms with E-state index in [1.54, 1.807) is 4.90 Å². The predicted molar refractivity (Wildman–Crippen MR) is 71.1 cm³/mol. The molecule has 2 N–H and O–H groups in total. The third-order valence-electron chi connectivity index (χ3n) is 3.25. The van der Waals surface area contributed by atoms with E-state index < -0.39 is 11.6 Å². The molecule has 0 aromatic heterocycles. The number of carbonyl (C=O) groups excluding carboxylic acids is 1. The normalized spacial score (nSPS) is 16.1. The molecule has 1 aromatic rings. The first-order valence-corrected chi connectivity index (χ1v) is 6.03.